The number of aromatic amines is 1. The summed E-state index contributed by atoms with van der Waals surface area (Å²) in [7, 11) is 2.79. The zero-order valence-corrected chi connectivity index (χ0v) is 27.4. The van der Waals surface area contributed by atoms with Crippen LogP contribution in [0.4, 0.5) is 0 Å². The first-order valence-corrected chi connectivity index (χ1v) is 16.2. The Kier molecular flexibility index (Phi) is 8.59. The first kappa shape index (κ1) is 32.6. The number of amides is 2. The normalized spacial score (nSPS) is 21.3. The number of benzene rings is 4. The van der Waals surface area contributed by atoms with E-state index in [0.29, 0.717) is 33.8 Å². The molecular formula is C39H35N3O8. The van der Waals surface area contributed by atoms with Gasteiger partial charge in [-0.2, -0.15) is 0 Å². The second-order valence-electron chi connectivity index (χ2n) is 12.5. The molecule has 1 aromatic heterocycles. The maximum atomic E-state index is 14.5. The largest absolute Gasteiger partial charge is 0.493 e. The first-order valence-electron chi connectivity index (χ1n) is 16.2. The van der Waals surface area contributed by atoms with Crippen LogP contribution in [0.1, 0.15) is 38.7 Å². The lowest BCUT2D eigenvalue weighted by atomic mass is 9.76. The molecule has 11 nitrogen and oxygen atoms in total. The highest BCUT2D eigenvalue weighted by Gasteiger charge is 2.68. The molecular weight excluding hydrogens is 638 g/mol. The van der Waals surface area contributed by atoms with Gasteiger partial charge >= 0.3 is 11.9 Å². The fourth-order valence-electron chi connectivity index (χ4n) is 7.37. The van der Waals surface area contributed by atoms with Gasteiger partial charge in [-0.25, -0.2) is 4.79 Å². The Bertz CT molecular complexity index is 2090. The van der Waals surface area contributed by atoms with Crippen molar-refractivity contribution in [2.75, 3.05) is 14.2 Å². The monoisotopic (exact) mass is 673 g/mol. The van der Waals surface area contributed by atoms with Gasteiger partial charge in [-0.3, -0.25) is 24.6 Å². The highest BCUT2D eigenvalue weighted by atomic mass is 16.5. The van der Waals surface area contributed by atoms with Gasteiger partial charge < -0.3 is 24.3 Å². The number of nitrogens with zero attached hydrogens (tertiary/aromatic N) is 1. The van der Waals surface area contributed by atoms with E-state index < -0.39 is 47.2 Å². The lowest BCUT2D eigenvalue weighted by Crippen LogP contribution is -2.57. The smallest absolute Gasteiger partial charge is 0.337 e. The van der Waals surface area contributed by atoms with Crippen molar-refractivity contribution in [3.63, 3.8) is 0 Å². The predicted molar refractivity (Wildman–Crippen MR) is 182 cm³/mol. The van der Waals surface area contributed by atoms with Gasteiger partial charge in [-0.05, 0) is 41.0 Å². The van der Waals surface area contributed by atoms with E-state index in [1.165, 1.54) is 14.2 Å². The average Bonchev–Trinajstić information content (AvgIpc) is 3.79. The number of hydrogen-bond donors (Lipinski definition) is 3. The van der Waals surface area contributed by atoms with Crippen molar-refractivity contribution in [2.45, 2.75) is 31.2 Å². The van der Waals surface area contributed by atoms with Crippen molar-refractivity contribution in [1.82, 2.24) is 15.2 Å². The molecule has 5 aromatic rings. The third-order valence-electron chi connectivity index (χ3n) is 9.78. The number of esters is 1. The Morgan fingerprint density at radius 2 is 1.60 bits per heavy atom. The van der Waals surface area contributed by atoms with Gasteiger partial charge in [0.25, 0.3) is 0 Å². The van der Waals surface area contributed by atoms with E-state index in [-0.39, 0.29) is 19.6 Å². The minimum absolute atomic E-state index is 0.0745. The topological polar surface area (TPSA) is 147 Å². The van der Waals surface area contributed by atoms with Gasteiger partial charge in [-0.1, -0.05) is 72.8 Å². The molecule has 4 aromatic carbocycles. The van der Waals surface area contributed by atoms with Crippen LogP contribution in [0, 0.1) is 11.8 Å². The number of carbonyl (C=O) groups excluding carboxylic acids is 3. The molecule has 0 aliphatic carbocycles. The summed E-state index contributed by atoms with van der Waals surface area (Å²) in [5.41, 5.74) is 1.97. The molecule has 0 spiro atoms. The molecule has 0 bridgehead atoms. The Balaban J connectivity index is 1.32. The summed E-state index contributed by atoms with van der Waals surface area (Å²) in [5.74, 6) is -4.45. The molecule has 3 N–H and O–H groups in total. The van der Waals surface area contributed by atoms with E-state index in [4.69, 9.17) is 14.2 Å². The number of para-hydroxylation sites is 2. The molecule has 4 unspecified atom stereocenters. The quantitative estimate of drug-likeness (QED) is 0.129. The molecule has 2 saturated heterocycles. The van der Waals surface area contributed by atoms with Crippen molar-refractivity contribution >= 4 is 34.7 Å². The van der Waals surface area contributed by atoms with E-state index >= 15 is 0 Å². The SMILES string of the molecule is COC(=O)c1ccc(CN2C(=O)C3C(c4cccc(OC)c4OCc4ccccc4)NC(Cc4c[nH]c5ccccc45)(C(=O)O)C3C2=O)cc1. The third-order valence-corrected chi connectivity index (χ3v) is 9.78. The number of nitrogens with one attached hydrogen (secondary N) is 2. The van der Waals surface area contributed by atoms with Crippen LogP contribution in [0.5, 0.6) is 11.5 Å². The Morgan fingerprint density at radius 3 is 2.32 bits per heavy atom. The van der Waals surface area contributed by atoms with Crippen LogP contribution in [-0.4, -0.2) is 58.5 Å². The van der Waals surface area contributed by atoms with Crippen molar-refractivity contribution in [3.05, 3.63) is 131 Å². The standard InChI is InChI=1S/C39H35N3O8/c1-48-30-14-8-12-28(34(30)50-22-24-9-4-3-5-10-24)33-31-32(36(44)42(35(31)43)21-23-15-17-25(18-16-23)37(45)49-2)39(41-33,38(46)47)19-26-20-40-29-13-7-6-11-27(26)29/h3-18,20,31-33,40-41H,19,21-22H2,1-2H3,(H,46,47). The van der Waals surface area contributed by atoms with E-state index in [1.807, 2.05) is 54.6 Å². The molecule has 11 heteroatoms. The summed E-state index contributed by atoms with van der Waals surface area (Å²) in [6.45, 7) is 0.0894. The fourth-order valence-corrected chi connectivity index (χ4v) is 7.37. The summed E-state index contributed by atoms with van der Waals surface area (Å²) in [6.07, 6.45) is 1.68. The van der Waals surface area contributed by atoms with Crippen LogP contribution in [0.2, 0.25) is 0 Å². The van der Waals surface area contributed by atoms with Crippen molar-refractivity contribution in [2.24, 2.45) is 11.8 Å². The number of carbonyl (C=O) groups is 4. The van der Waals surface area contributed by atoms with Gasteiger partial charge in [0.15, 0.2) is 11.5 Å². The maximum absolute atomic E-state index is 14.5. The van der Waals surface area contributed by atoms with Gasteiger partial charge in [0.1, 0.15) is 12.1 Å². The zero-order chi connectivity index (χ0) is 35.0. The van der Waals surface area contributed by atoms with Crippen LogP contribution >= 0.6 is 0 Å². The highest BCUT2D eigenvalue weighted by Crippen LogP contribution is 2.53. The van der Waals surface area contributed by atoms with Crippen LogP contribution in [0.3, 0.4) is 0 Å². The summed E-state index contributed by atoms with van der Waals surface area (Å²) in [6, 6.07) is 27.8. The minimum atomic E-state index is -1.86. The number of H-pyrrole nitrogens is 1. The van der Waals surface area contributed by atoms with Gasteiger partial charge in [-0.15, -0.1) is 0 Å². The van der Waals surface area contributed by atoms with Gasteiger partial charge in [0.2, 0.25) is 11.8 Å². The highest BCUT2D eigenvalue weighted by molar-refractivity contribution is 6.09. The molecule has 2 aliphatic rings. The maximum Gasteiger partial charge on any atom is 0.337 e. The average molecular weight is 674 g/mol. The number of rotatable bonds is 11. The molecule has 3 heterocycles. The number of ether oxygens (including phenoxy) is 3. The number of fused-ring (bicyclic) bond motifs is 2. The molecule has 7 rings (SSSR count). The number of likely N-dealkylation sites (tertiary alicyclic amines) is 1. The molecule has 0 radical (unpaired) electrons. The van der Waals surface area contributed by atoms with Crippen LogP contribution in [0.25, 0.3) is 10.9 Å². The van der Waals surface area contributed by atoms with Crippen LogP contribution < -0.4 is 14.8 Å². The lowest BCUT2D eigenvalue weighted by molar-refractivity contribution is -0.151. The van der Waals surface area contributed by atoms with Crippen molar-refractivity contribution < 1.29 is 38.5 Å². The molecule has 2 amide bonds. The number of carboxylic acids is 1. The summed E-state index contributed by atoms with van der Waals surface area (Å²) < 4.78 is 16.8. The summed E-state index contributed by atoms with van der Waals surface area (Å²) in [5, 5.41) is 15.2. The van der Waals surface area contributed by atoms with Gasteiger partial charge in [0.05, 0.1) is 38.2 Å². The Labute approximate surface area is 287 Å². The molecule has 0 saturated carbocycles. The summed E-state index contributed by atoms with van der Waals surface area (Å²) >= 11 is 0. The van der Waals surface area contributed by atoms with E-state index in [0.717, 1.165) is 21.4 Å². The van der Waals surface area contributed by atoms with Crippen molar-refractivity contribution in [3.8, 4) is 11.5 Å². The third kappa shape index (κ3) is 5.55. The number of imide groups is 1. The van der Waals surface area contributed by atoms with Crippen LogP contribution in [-0.2, 0) is 38.7 Å². The van der Waals surface area contributed by atoms with Crippen molar-refractivity contribution in [1.29, 1.82) is 0 Å². The Hall–Kier alpha value is -5.94. The number of hydrogen-bond acceptors (Lipinski definition) is 8. The summed E-state index contributed by atoms with van der Waals surface area (Å²) in [4.78, 5) is 58.9. The number of carboxylic acid groups (broad SMARTS) is 1. The van der Waals surface area contributed by atoms with Crippen LogP contribution in [0.15, 0.2) is 103 Å². The molecule has 2 fully saturated rings. The number of aromatic nitrogens is 1. The molecule has 254 valence electrons. The molecule has 2 aliphatic heterocycles. The second-order valence-corrected chi connectivity index (χ2v) is 12.5. The lowest BCUT2D eigenvalue weighted by Gasteiger charge is -2.31. The molecule has 4 atom stereocenters. The van der Waals surface area contributed by atoms with E-state index in [1.54, 1.807) is 48.7 Å². The Morgan fingerprint density at radius 1 is 0.860 bits per heavy atom. The fraction of sp³-hybridized carbons (Fsp3) is 0.231. The predicted octanol–water partition coefficient (Wildman–Crippen LogP) is 5.05. The minimum Gasteiger partial charge on any atom is -0.493 e. The second kappa shape index (κ2) is 13.2. The van der Waals surface area contributed by atoms with Gasteiger partial charge in [0, 0.05) is 35.1 Å². The zero-order valence-electron chi connectivity index (χ0n) is 27.4. The molecule has 50 heavy (non-hydrogen) atoms. The number of aliphatic carboxylic acids is 1. The number of methoxy groups -OCH3 is 2. The van der Waals surface area contributed by atoms with E-state index in [9.17, 15) is 24.3 Å². The van der Waals surface area contributed by atoms with E-state index in [2.05, 4.69) is 10.3 Å². The first-order chi connectivity index (χ1) is 24.3.